The molecule has 0 radical (unpaired) electrons. The first kappa shape index (κ1) is 14.0. The molecule has 0 spiro atoms. The number of nitrogens with one attached hydrogen (secondary N) is 1. The van der Waals surface area contributed by atoms with Crippen molar-refractivity contribution in [3.05, 3.63) is 21.6 Å². The van der Waals surface area contributed by atoms with Crippen LogP contribution in [-0.2, 0) is 6.54 Å². The predicted octanol–water partition coefficient (Wildman–Crippen LogP) is 2.52. The van der Waals surface area contributed by atoms with Gasteiger partial charge in [0.2, 0.25) is 0 Å². The molecule has 2 unspecified atom stereocenters. The van der Waals surface area contributed by atoms with Crippen LogP contribution < -0.4 is 10.9 Å². The Bertz CT molecular complexity index is 547. The standard InChI is InChI=1S/C14H18ClN3O/c1-3-8-18-14(19)13(11(15)9-16-18)17-12-7-5-4-6-10(12)2/h1,9-10,12,17H,4-8H2,2H3. The first-order chi connectivity index (χ1) is 9.13. The Hall–Kier alpha value is -1.47. The molecule has 0 saturated heterocycles. The van der Waals surface area contributed by atoms with E-state index in [-0.39, 0.29) is 12.1 Å². The monoisotopic (exact) mass is 279 g/mol. The molecule has 0 aliphatic heterocycles. The average Bonchev–Trinajstić information content (AvgIpc) is 2.40. The van der Waals surface area contributed by atoms with Crippen LogP contribution in [-0.4, -0.2) is 15.8 Å². The van der Waals surface area contributed by atoms with Gasteiger partial charge in [0.05, 0.1) is 11.2 Å². The lowest BCUT2D eigenvalue weighted by Gasteiger charge is -2.30. The highest BCUT2D eigenvalue weighted by Crippen LogP contribution is 2.27. The Kier molecular flexibility index (Phi) is 4.49. The molecule has 0 aromatic carbocycles. The van der Waals surface area contributed by atoms with E-state index in [4.69, 9.17) is 18.0 Å². The summed E-state index contributed by atoms with van der Waals surface area (Å²) in [6.07, 6.45) is 11.4. The van der Waals surface area contributed by atoms with Crippen LogP contribution in [0.5, 0.6) is 0 Å². The van der Waals surface area contributed by atoms with Gasteiger partial charge in [0, 0.05) is 6.04 Å². The summed E-state index contributed by atoms with van der Waals surface area (Å²) < 4.78 is 1.25. The fraction of sp³-hybridized carbons (Fsp3) is 0.571. The van der Waals surface area contributed by atoms with Crippen molar-refractivity contribution in [1.82, 2.24) is 9.78 Å². The minimum absolute atomic E-state index is 0.158. The van der Waals surface area contributed by atoms with E-state index < -0.39 is 0 Å². The summed E-state index contributed by atoms with van der Waals surface area (Å²) in [5.74, 6) is 2.95. The molecule has 1 saturated carbocycles. The number of hydrogen-bond donors (Lipinski definition) is 1. The third kappa shape index (κ3) is 3.10. The van der Waals surface area contributed by atoms with E-state index in [0.717, 1.165) is 6.42 Å². The van der Waals surface area contributed by atoms with Crippen molar-refractivity contribution in [2.24, 2.45) is 5.92 Å². The number of nitrogens with zero attached hydrogens (tertiary/aromatic N) is 2. The van der Waals surface area contributed by atoms with Crippen LogP contribution in [0.25, 0.3) is 0 Å². The maximum absolute atomic E-state index is 12.2. The van der Waals surface area contributed by atoms with E-state index in [9.17, 15) is 4.79 Å². The van der Waals surface area contributed by atoms with Gasteiger partial charge in [0.15, 0.2) is 0 Å². The molecule has 5 heteroatoms. The molecular formula is C14H18ClN3O. The van der Waals surface area contributed by atoms with Gasteiger partial charge in [0.25, 0.3) is 5.56 Å². The molecule has 1 aliphatic carbocycles. The van der Waals surface area contributed by atoms with E-state index >= 15 is 0 Å². The molecule has 4 nitrogen and oxygen atoms in total. The maximum Gasteiger partial charge on any atom is 0.292 e. The second-order valence-corrected chi connectivity index (χ2v) is 5.45. The number of halogens is 1. The molecule has 1 aliphatic rings. The number of rotatable bonds is 3. The zero-order valence-corrected chi connectivity index (χ0v) is 11.8. The van der Waals surface area contributed by atoms with Gasteiger partial charge in [-0.1, -0.05) is 37.3 Å². The average molecular weight is 280 g/mol. The van der Waals surface area contributed by atoms with Crippen LogP contribution in [0.2, 0.25) is 5.02 Å². The zero-order valence-electron chi connectivity index (χ0n) is 11.0. The molecule has 1 aromatic heterocycles. The van der Waals surface area contributed by atoms with Gasteiger partial charge < -0.3 is 5.32 Å². The molecule has 2 atom stereocenters. The smallest absolute Gasteiger partial charge is 0.292 e. The van der Waals surface area contributed by atoms with Crippen LogP contribution in [0.15, 0.2) is 11.0 Å². The molecule has 1 N–H and O–H groups in total. The summed E-state index contributed by atoms with van der Waals surface area (Å²) in [4.78, 5) is 12.2. The topological polar surface area (TPSA) is 46.9 Å². The minimum Gasteiger partial charge on any atom is -0.376 e. The van der Waals surface area contributed by atoms with Crippen molar-refractivity contribution in [3.8, 4) is 12.3 Å². The summed E-state index contributed by atoms with van der Waals surface area (Å²) in [7, 11) is 0. The summed E-state index contributed by atoms with van der Waals surface area (Å²) in [6.45, 7) is 2.36. The highest BCUT2D eigenvalue weighted by atomic mass is 35.5. The van der Waals surface area contributed by atoms with E-state index in [2.05, 4.69) is 23.3 Å². The highest BCUT2D eigenvalue weighted by Gasteiger charge is 2.23. The molecule has 102 valence electrons. The molecule has 2 rings (SSSR count). The molecule has 0 bridgehead atoms. The van der Waals surface area contributed by atoms with Gasteiger partial charge in [-0.05, 0) is 18.8 Å². The quantitative estimate of drug-likeness (QED) is 0.865. The van der Waals surface area contributed by atoms with Gasteiger partial charge in [-0.3, -0.25) is 4.79 Å². The van der Waals surface area contributed by atoms with Crippen LogP contribution in [0.3, 0.4) is 0 Å². The predicted molar refractivity (Wildman–Crippen MR) is 77.4 cm³/mol. The maximum atomic E-state index is 12.2. The van der Waals surface area contributed by atoms with E-state index in [0.29, 0.717) is 22.7 Å². The Morgan fingerprint density at radius 2 is 2.32 bits per heavy atom. The molecule has 1 aromatic rings. The third-order valence-electron chi connectivity index (χ3n) is 3.68. The third-order valence-corrected chi connectivity index (χ3v) is 3.97. The second-order valence-electron chi connectivity index (χ2n) is 5.05. The molecule has 1 fully saturated rings. The number of terminal acetylenes is 1. The largest absolute Gasteiger partial charge is 0.376 e. The SMILES string of the molecule is C#CCn1ncc(Cl)c(NC2CCCCC2C)c1=O. The van der Waals surface area contributed by atoms with E-state index in [1.54, 1.807) is 0 Å². The van der Waals surface area contributed by atoms with Crippen molar-refractivity contribution < 1.29 is 0 Å². The Morgan fingerprint density at radius 3 is 3.00 bits per heavy atom. The Labute approximate surface area is 118 Å². The molecular weight excluding hydrogens is 262 g/mol. The molecule has 19 heavy (non-hydrogen) atoms. The van der Waals surface area contributed by atoms with Crippen molar-refractivity contribution in [3.63, 3.8) is 0 Å². The van der Waals surface area contributed by atoms with Crippen molar-refractivity contribution in [2.75, 3.05) is 5.32 Å². The normalized spacial score (nSPS) is 22.8. The van der Waals surface area contributed by atoms with Gasteiger partial charge in [0.1, 0.15) is 12.2 Å². The fourth-order valence-corrected chi connectivity index (χ4v) is 2.69. The van der Waals surface area contributed by atoms with Crippen molar-refractivity contribution >= 4 is 17.3 Å². The number of aromatic nitrogens is 2. The van der Waals surface area contributed by atoms with Crippen molar-refractivity contribution in [2.45, 2.75) is 45.2 Å². The van der Waals surface area contributed by atoms with Crippen LogP contribution in [0.4, 0.5) is 5.69 Å². The van der Waals surface area contributed by atoms with E-state index in [1.807, 2.05) is 0 Å². The lowest BCUT2D eigenvalue weighted by molar-refractivity contribution is 0.349. The highest BCUT2D eigenvalue weighted by molar-refractivity contribution is 6.33. The van der Waals surface area contributed by atoms with Crippen LogP contribution in [0.1, 0.15) is 32.6 Å². The fourth-order valence-electron chi connectivity index (χ4n) is 2.51. The minimum atomic E-state index is -0.247. The Balaban J connectivity index is 2.26. The van der Waals surface area contributed by atoms with Gasteiger partial charge in [-0.25, -0.2) is 4.68 Å². The lowest BCUT2D eigenvalue weighted by Crippen LogP contribution is -2.35. The molecule has 1 heterocycles. The lowest BCUT2D eigenvalue weighted by atomic mass is 9.86. The van der Waals surface area contributed by atoms with Crippen LogP contribution >= 0.6 is 11.6 Å². The molecule has 0 amide bonds. The first-order valence-electron chi connectivity index (χ1n) is 6.59. The summed E-state index contributed by atoms with van der Waals surface area (Å²) >= 11 is 6.08. The van der Waals surface area contributed by atoms with Crippen molar-refractivity contribution in [1.29, 1.82) is 0 Å². The van der Waals surface area contributed by atoms with Crippen LogP contribution in [0, 0.1) is 18.3 Å². The summed E-state index contributed by atoms with van der Waals surface area (Å²) in [5.41, 5.74) is 0.175. The summed E-state index contributed by atoms with van der Waals surface area (Å²) in [5, 5.41) is 7.58. The van der Waals surface area contributed by atoms with Gasteiger partial charge in [-0.2, -0.15) is 5.10 Å². The van der Waals surface area contributed by atoms with Gasteiger partial charge >= 0.3 is 0 Å². The number of hydrogen-bond acceptors (Lipinski definition) is 3. The van der Waals surface area contributed by atoms with E-state index in [1.165, 1.54) is 30.1 Å². The van der Waals surface area contributed by atoms with Gasteiger partial charge in [-0.15, -0.1) is 6.42 Å². The number of anilines is 1. The Morgan fingerprint density at radius 1 is 1.58 bits per heavy atom. The summed E-state index contributed by atoms with van der Waals surface area (Å²) in [6, 6.07) is 0.292. The zero-order chi connectivity index (χ0) is 13.8. The second kappa shape index (κ2) is 6.12. The first-order valence-corrected chi connectivity index (χ1v) is 6.97.